The summed E-state index contributed by atoms with van der Waals surface area (Å²) in [6, 6.07) is 22.6. The number of aryl methyl sites for hydroxylation is 2. The predicted octanol–water partition coefficient (Wildman–Crippen LogP) is 6.91. The van der Waals surface area contributed by atoms with Gasteiger partial charge in [0.05, 0.1) is 11.0 Å². The van der Waals surface area contributed by atoms with Gasteiger partial charge in [0, 0.05) is 16.5 Å². The Kier molecular flexibility index (Phi) is 3.88. The third kappa shape index (κ3) is 2.64. The third-order valence-corrected chi connectivity index (χ3v) is 5.41. The summed E-state index contributed by atoms with van der Waals surface area (Å²) in [6.45, 7) is 8.87. The lowest BCUT2D eigenvalue weighted by atomic mass is 9.98. The summed E-state index contributed by atoms with van der Waals surface area (Å²) in [4.78, 5) is 0. The Labute approximate surface area is 149 Å². The molecule has 0 saturated heterocycles. The van der Waals surface area contributed by atoms with Crippen molar-refractivity contribution in [3.05, 3.63) is 77.4 Å². The number of hydrogen-bond donors (Lipinski definition) is 0. The molecule has 0 saturated carbocycles. The molecule has 1 atom stereocenters. The molecule has 3 aromatic carbocycles. The maximum absolute atomic E-state index is 2.39. The summed E-state index contributed by atoms with van der Waals surface area (Å²) in [7, 11) is 0. The van der Waals surface area contributed by atoms with E-state index in [9.17, 15) is 0 Å². The number of fused-ring (bicyclic) bond motifs is 3. The molecule has 1 heteroatoms. The first-order valence-electron chi connectivity index (χ1n) is 9.20. The zero-order valence-corrected chi connectivity index (χ0v) is 15.5. The second-order valence-electron chi connectivity index (χ2n) is 7.28. The van der Waals surface area contributed by atoms with E-state index < -0.39 is 0 Å². The fraction of sp³-hybridized carbons (Fsp3) is 0.250. The molecule has 0 aliphatic carbocycles. The summed E-state index contributed by atoms with van der Waals surface area (Å²) in [5.74, 6) is 0.609. The van der Waals surface area contributed by atoms with Crippen LogP contribution in [0.25, 0.3) is 27.5 Å². The molecule has 126 valence electrons. The van der Waals surface area contributed by atoms with E-state index in [1.807, 2.05) is 0 Å². The molecular formula is C24H25N. The lowest BCUT2D eigenvalue weighted by Crippen LogP contribution is -1.96. The molecule has 0 spiro atoms. The zero-order valence-electron chi connectivity index (χ0n) is 15.5. The van der Waals surface area contributed by atoms with Gasteiger partial charge in [0.25, 0.3) is 0 Å². The van der Waals surface area contributed by atoms with Crippen molar-refractivity contribution in [2.75, 3.05) is 0 Å². The van der Waals surface area contributed by atoms with Gasteiger partial charge in [0.1, 0.15) is 0 Å². The van der Waals surface area contributed by atoms with Crippen LogP contribution in [0.3, 0.4) is 0 Å². The fourth-order valence-corrected chi connectivity index (χ4v) is 3.72. The average Bonchev–Trinajstić information content (AvgIpc) is 2.94. The fourth-order valence-electron chi connectivity index (χ4n) is 3.72. The highest BCUT2D eigenvalue weighted by Gasteiger charge is 2.13. The van der Waals surface area contributed by atoms with Crippen molar-refractivity contribution in [3.8, 4) is 5.69 Å². The van der Waals surface area contributed by atoms with Gasteiger partial charge >= 0.3 is 0 Å². The minimum Gasteiger partial charge on any atom is -0.309 e. The number of aromatic nitrogens is 1. The van der Waals surface area contributed by atoms with Crippen LogP contribution >= 0.6 is 0 Å². The Hall–Kier alpha value is -2.54. The molecule has 0 bridgehead atoms. The van der Waals surface area contributed by atoms with E-state index in [0.717, 1.165) is 0 Å². The number of hydrogen-bond acceptors (Lipinski definition) is 0. The van der Waals surface area contributed by atoms with E-state index in [1.165, 1.54) is 50.6 Å². The van der Waals surface area contributed by atoms with Crippen LogP contribution in [0, 0.1) is 13.8 Å². The monoisotopic (exact) mass is 327 g/mol. The van der Waals surface area contributed by atoms with Gasteiger partial charge in [-0.15, -0.1) is 0 Å². The van der Waals surface area contributed by atoms with Crippen LogP contribution in [0.2, 0.25) is 0 Å². The van der Waals surface area contributed by atoms with Gasteiger partial charge in [0.15, 0.2) is 0 Å². The third-order valence-electron chi connectivity index (χ3n) is 5.41. The van der Waals surface area contributed by atoms with Gasteiger partial charge in [-0.05, 0) is 68.1 Å². The van der Waals surface area contributed by atoms with Crippen LogP contribution in [0.5, 0.6) is 0 Å². The molecule has 0 fully saturated rings. The first-order chi connectivity index (χ1) is 12.1. The van der Waals surface area contributed by atoms with Crippen molar-refractivity contribution in [2.24, 2.45) is 0 Å². The van der Waals surface area contributed by atoms with Crippen LogP contribution in [0.4, 0.5) is 0 Å². The predicted molar refractivity (Wildman–Crippen MR) is 109 cm³/mol. The Morgan fingerprint density at radius 2 is 1.28 bits per heavy atom. The average molecular weight is 327 g/mol. The van der Waals surface area contributed by atoms with Gasteiger partial charge in [0.2, 0.25) is 0 Å². The molecule has 1 heterocycles. The number of nitrogens with zero attached hydrogens (tertiary/aromatic N) is 1. The molecule has 0 amide bonds. The number of rotatable bonds is 3. The van der Waals surface area contributed by atoms with Crippen LogP contribution in [0.1, 0.15) is 42.9 Å². The summed E-state index contributed by atoms with van der Waals surface area (Å²) < 4.78 is 2.39. The van der Waals surface area contributed by atoms with Crippen LogP contribution in [-0.4, -0.2) is 4.57 Å². The topological polar surface area (TPSA) is 4.93 Å². The highest BCUT2D eigenvalue weighted by atomic mass is 15.0. The molecule has 4 aromatic rings. The van der Waals surface area contributed by atoms with Crippen molar-refractivity contribution in [2.45, 2.75) is 40.0 Å². The molecular weight excluding hydrogens is 302 g/mol. The molecule has 1 unspecified atom stereocenters. The van der Waals surface area contributed by atoms with Crippen molar-refractivity contribution in [3.63, 3.8) is 0 Å². The summed E-state index contributed by atoms with van der Waals surface area (Å²) in [5.41, 5.74) is 7.82. The quantitative estimate of drug-likeness (QED) is 0.385. The normalized spacial score (nSPS) is 12.8. The zero-order chi connectivity index (χ0) is 17.6. The lowest BCUT2D eigenvalue weighted by molar-refractivity contribution is 0.733. The van der Waals surface area contributed by atoms with E-state index in [1.54, 1.807) is 0 Å². The second kappa shape index (κ2) is 6.07. The van der Waals surface area contributed by atoms with Gasteiger partial charge in [-0.25, -0.2) is 0 Å². The standard InChI is InChI=1S/C24H25N/c1-5-18(4)19-8-10-20(11-9-19)25-23-12-6-16(2)14-21(23)22-15-17(3)7-13-24(22)25/h6-15,18H,5H2,1-4H3. The van der Waals surface area contributed by atoms with Crippen LogP contribution in [0.15, 0.2) is 60.7 Å². The highest BCUT2D eigenvalue weighted by molar-refractivity contribution is 6.09. The molecule has 1 aromatic heterocycles. The minimum atomic E-state index is 0.609. The minimum absolute atomic E-state index is 0.609. The molecule has 1 nitrogen and oxygen atoms in total. The maximum atomic E-state index is 2.39. The first-order valence-corrected chi connectivity index (χ1v) is 9.20. The van der Waals surface area contributed by atoms with E-state index in [4.69, 9.17) is 0 Å². The lowest BCUT2D eigenvalue weighted by Gasteiger charge is -2.12. The van der Waals surface area contributed by atoms with Crippen LogP contribution < -0.4 is 0 Å². The van der Waals surface area contributed by atoms with E-state index in [-0.39, 0.29) is 0 Å². The molecule has 0 radical (unpaired) electrons. The summed E-state index contributed by atoms with van der Waals surface area (Å²) in [6.07, 6.45) is 1.17. The summed E-state index contributed by atoms with van der Waals surface area (Å²) in [5, 5.41) is 2.68. The smallest absolute Gasteiger partial charge is 0.0541 e. The SMILES string of the molecule is CCC(C)c1ccc(-n2c3ccc(C)cc3c3cc(C)ccc32)cc1. The van der Waals surface area contributed by atoms with Gasteiger partial charge < -0.3 is 4.57 Å². The largest absolute Gasteiger partial charge is 0.309 e. The maximum Gasteiger partial charge on any atom is 0.0541 e. The molecule has 0 aliphatic heterocycles. The first kappa shape index (κ1) is 16.0. The Bertz CT molecular complexity index is 992. The summed E-state index contributed by atoms with van der Waals surface area (Å²) >= 11 is 0. The van der Waals surface area contributed by atoms with Gasteiger partial charge in [-0.1, -0.05) is 49.2 Å². The van der Waals surface area contributed by atoms with E-state index in [2.05, 4.69) is 92.9 Å². The van der Waals surface area contributed by atoms with Crippen molar-refractivity contribution in [1.82, 2.24) is 4.57 Å². The Morgan fingerprint density at radius 1 is 0.760 bits per heavy atom. The van der Waals surface area contributed by atoms with Gasteiger partial charge in [-0.2, -0.15) is 0 Å². The molecule has 25 heavy (non-hydrogen) atoms. The van der Waals surface area contributed by atoms with Crippen molar-refractivity contribution in [1.29, 1.82) is 0 Å². The molecule has 4 rings (SSSR count). The molecule has 0 N–H and O–H groups in total. The van der Waals surface area contributed by atoms with Crippen molar-refractivity contribution < 1.29 is 0 Å². The van der Waals surface area contributed by atoms with E-state index >= 15 is 0 Å². The Morgan fingerprint density at radius 3 is 1.76 bits per heavy atom. The van der Waals surface area contributed by atoms with Crippen molar-refractivity contribution >= 4 is 21.8 Å². The highest BCUT2D eigenvalue weighted by Crippen LogP contribution is 2.33. The second-order valence-corrected chi connectivity index (χ2v) is 7.28. The Balaban J connectivity index is 1.99. The van der Waals surface area contributed by atoms with Gasteiger partial charge in [-0.3, -0.25) is 0 Å². The number of benzene rings is 3. The van der Waals surface area contributed by atoms with Crippen LogP contribution in [-0.2, 0) is 0 Å². The molecule has 0 aliphatic rings. The van der Waals surface area contributed by atoms with E-state index in [0.29, 0.717) is 5.92 Å².